The van der Waals surface area contributed by atoms with E-state index in [2.05, 4.69) is 5.10 Å². The van der Waals surface area contributed by atoms with Crippen LogP contribution in [0.1, 0.15) is 5.69 Å². The third-order valence-corrected chi connectivity index (χ3v) is 2.20. The Kier molecular flexibility index (Phi) is 2.72. The zero-order valence-electron chi connectivity index (χ0n) is 8.67. The Bertz CT molecular complexity index is 588. The van der Waals surface area contributed by atoms with Crippen LogP contribution in [0, 0.1) is 11.6 Å². The summed E-state index contributed by atoms with van der Waals surface area (Å²) in [5, 5.41) is 3.35. The molecule has 1 aromatic heterocycles. The molecular weight excluding hydrogens is 257 g/mol. The van der Waals surface area contributed by atoms with E-state index in [9.17, 15) is 22.0 Å². The maximum Gasteiger partial charge on any atom is 0.435 e. The molecule has 0 bridgehead atoms. The zero-order valence-corrected chi connectivity index (χ0v) is 8.67. The summed E-state index contributed by atoms with van der Waals surface area (Å²) in [5.74, 6) is -2.06. The molecule has 0 saturated carbocycles. The Balaban J connectivity index is 2.65. The van der Waals surface area contributed by atoms with Crippen molar-refractivity contribution >= 4 is 5.69 Å². The van der Waals surface area contributed by atoms with Gasteiger partial charge in [-0.25, -0.2) is 13.5 Å². The van der Waals surface area contributed by atoms with Gasteiger partial charge in [0, 0.05) is 6.07 Å². The number of hydrogen-bond donors (Lipinski definition) is 1. The van der Waals surface area contributed by atoms with Crippen molar-refractivity contribution in [1.29, 1.82) is 0 Å². The summed E-state index contributed by atoms with van der Waals surface area (Å²) < 4.78 is 64.5. The van der Waals surface area contributed by atoms with E-state index in [4.69, 9.17) is 5.73 Å². The monoisotopic (exact) mass is 263 g/mol. The predicted molar refractivity (Wildman–Crippen MR) is 52.9 cm³/mol. The maximum atomic E-state index is 13.4. The van der Waals surface area contributed by atoms with Crippen molar-refractivity contribution in [3.05, 3.63) is 41.7 Å². The molecule has 3 nitrogen and oxygen atoms in total. The summed E-state index contributed by atoms with van der Waals surface area (Å²) >= 11 is 0. The van der Waals surface area contributed by atoms with Crippen LogP contribution in [0.2, 0.25) is 0 Å². The first-order valence-corrected chi connectivity index (χ1v) is 4.67. The molecule has 96 valence electrons. The molecule has 2 rings (SSSR count). The number of nitrogen functional groups attached to an aromatic ring is 1. The quantitative estimate of drug-likeness (QED) is 0.804. The Morgan fingerprint density at radius 1 is 1.17 bits per heavy atom. The number of rotatable bonds is 1. The topological polar surface area (TPSA) is 43.8 Å². The van der Waals surface area contributed by atoms with E-state index in [0.29, 0.717) is 10.7 Å². The number of nitrogens with two attached hydrogens (primary N) is 1. The van der Waals surface area contributed by atoms with Gasteiger partial charge in [-0.1, -0.05) is 0 Å². The first-order valence-electron chi connectivity index (χ1n) is 4.67. The third-order valence-electron chi connectivity index (χ3n) is 2.20. The van der Waals surface area contributed by atoms with Gasteiger partial charge in [0.25, 0.3) is 0 Å². The molecule has 8 heteroatoms. The lowest BCUT2D eigenvalue weighted by Gasteiger charge is -2.11. The fraction of sp³-hybridized carbons (Fsp3) is 0.100. The Morgan fingerprint density at radius 3 is 2.39 bits per heavy atom. The molecule has 0 radical (unpaired) electrons. The molecule has 2 N–H and O–H groups in total. The fourth-order valence-corrected chi connectivity index (χ4v) is 1.48. The van der Waals surface area contributed by atoms with E-state index in [1.54, 1.807) is 0 Å². The van der Waals surface area contributed by atoms with Gasteiger partial charge in [-0.3, -0.25) is 0 Å². The van der Waals surface area contributed by atoms with Gasteiger partial charge in [-0.05, 0) is 12.1 Å². The summed E-state index contributed by atoms with van der Waals surface area (Å²) in [6.45, 7) is 0. The lowest BCUT2D eigenvalue weighted by molar-refractivity contribution is -0.142. The minimum absolute atomic E-state index is 0.296. The third kappa shape index (κ3) is 2.01. The Morgan fingerprint density at radius 2 is 1.83 bits per heavy atom. The SMILES string of the molecule is Nc1cnn(-c2ccc(F)cc2F)c1C(F)(F)F. The van der Waals surface area contributed by atoms with E-state index in [0.717, 1.165) is 18.3 Å². The number of benzene rings is 1. The summed E-state index contributed by atoms with van der Waals surface area (Å²) in [7, 11) is 0. The van der Waals surface area contributed by atoms with Crippen molar-refractivity contribution in [3.63, 3.8) is 0 Å². The highest BCUT2D eigenvalue weighted by Crippen LogP contribution is 2.35. The van der Waals surface area contributed by atoms with Crippen LogP contribution in [0.15, 0.2) is 24.4 Å². The van der Waals surface area contributed by atoms with Crippen LogP contribution in [0.3, 0.4) is 0 Å². The Hall–Kier alpha value is -2.12. The van der Waals surface area contributed by atoms with Gasteiger partial charge in [-0.2, -0.15) is 18.3 Å². The predicted octanol–water partition coefficient (Wildman–Crippen LogP) is 2.75. The number of hydrogen-bond acceptors (Lipinski definition) is 2. The van der Waals surface area contributed by atoms with Crippen molar-refractivity contribution in [2.45, 2.75) is 6.18 Å². The second kappa shape index (κ2) is 3.97. The molecule has 0 aliphatic carbocycles. The van der Waals surface area contributed by atoms with E-state index in [1.165, 1.54) is 0 Å². The molecule has 0 aliphatic rings. The van der Waals surface area contributed by atoms with Gasteiger partial charge in [0.2, 0.25) is 0 Å². The average Bonchev–Trinajstić information content (AvgIpc) is 2.59. The van der Waals surface area contributed by atoms with Crippen LogP contribution < -0.4 is 5.73 Å². The molecule has 0 spiro atoms. The van der Waals surface area contributed by atoms with Gasteiger partial charge in [-0.15, -0.1) is 0 Å². The van der Waals surface area contributed by atoms with Crippen LogP contribution in [0.5, 0.6) is 0 Å². The number of nitrogens with zero attached hydrogens (tertiary/aromatic N) is 2. The van der Waals surface area contributed by atoms with Crippen LogP contribution in [-0.2, 0) is 6.18 Å². The molecule has 1 heterocycles. The van der Waals surface area contributed by atoms with Crippen molar-refractivity contribution in [1.82, 2.24) is 9.78 Å². The molecule has 0 aliphatic heterocycles. The maximum absolute atomic E-state index is 13.4. The molecule has 1 aromatic carbocycles. The van der Waals surface area contributed by atoms with Crippen molar-refractivity contribution < 1.29 is 22.0 Å². The molecule has 18 heavy (non-hydrogen) atoms. The second-order valence-electron chi connectivity index (χ2n) is 3.45. The number of aromatic nitrogens is 2. The molecule has 0 fully saturated rings. The highest BCUT2D eigenvalue weighted by Gasteiger charge is 2.38. The van der Waals surface area contributed by atoms with Gasteiger partial charge >= 0.3 is 6.18 Å². The van der Waals surface area contributed by atoms with E-state index in [-0.39, 0.29) is 0 Å². The zero-order chi connectivity index (χ0) is 13.5. The Labute approximate surface area is 97.6 Å². The molecule has 2 aromatic rings. The van der Waals surface area contributed by atoms with Gasteiger partial charge in [0.15, 0.2) is 11.5 Å². The molecule has 0 saturated heterocycles. The average molecular weight is 263 g/mol. The fourth-order valence-electron chi connectivity index (χ4n) is 1.48. The number of halogens is 5. The van der Waals surface area contributed by atoms with Crippen LogP contribution in [0.4, 0.5) is 27.6 Å². The minimum atomic E-state index is -4.79. The smallest absolute Gasteiger partial charge is 0.396 e. The first kappa shape index (κ1) is 12.3. The number of alkyl halides is 3. The highest BCUT2D eigenvalue weighted by atomic mass is 19.4. The van der Waals surface area contributed by atoms with Crippen molar-refractivity contribution in [2.75, 3.05) is 5.73 Å². The highest BCUT2D eigenvalue weighted by molar-refractivity contribution is 5.48. The van der Waals surface area contributed by atoms with Crippen molar-refractivity contribution in [3.8, 4) is 5.69 Å². The lowest BCUT2D eigenvalue weighted by Crippen LogP contribution is -2.16. The summed E-state index contributed by atoms with van der Waals surface area (Å²) in [5.41, 5.74) is 2.69. The van der Waals surface area contributed by atoms with Gasteiger partial charge in [0.05, 0.1) is 11.9 Å². The van der Waals surface area contributed by atoms with Crippen LogP contribution in [0.25, 0.3) is 5.69 Å². The lowest BCUT2D eigenvalue weighted by atomic mass is 10.2. The largest absolute Gasteiger partial charge is 0.435 e. The number of anilines is 1. The van der Waals surface area contributed by atoms with Gasteiger partial charge < -0.3 is 5.73 Å². The van der Waals surface area contributed by atoms with E-state index >= 15 is 0 Å². The van der Waals surface area contributed by atoms with Crippen molar-refractivity contribution in [2.24, 2.45) is 0 Å². The molecule has 0 atom stereocenters. The standard InChI is InChI=1S/C10H6F5N3/c11-5-1-2-8(6(12)3-5)18-9(10(13,14)15)7(16)4-17-18/h1-4H,16H2. The van der Waals surface area contributed by atoms with Crippen LogP contribution >= 0.6 is 0 Å². The molecule has 0 unspecified atom stereocenters. The summed E-state index contributed by atoms with van der Waals surface area (Å²) in [4.78, 5) is 0. The first-order chi connectivity index (χ1) is 8.30. The van der Waals surface area contributed by atoms with Gasteiger partial charge in [0.1, 0.15) is 11.5 Å². The van der Waals surface area contributed by atoms with E-state index < -0.39 is 34.9 Å². The summed E-state index contributed by atoms with van der Waals surface area (Å²) in [6.07, 6.45) is -4.03. The second-order valence-corrected chi connectivity index (χ2v) is 3.45. The summed E-state index contributed by atoms with van der Waals surface area (Å²) in [6, 6.07) is 2.15. The molecular formula is C10H6F5N3. The minimum Gasteiger partial charge on any atom is -0.396 e. The molecule has 0 amide bonds. The normalized spacial score (nSPS) is 11.8. The van der Waals surface area contributed by atoms with E-state index in [1.807, 2.05) is 0 Å². The van der Waals surface area contributed by atoms with Crippen LogP contribution in [-0.4, -0.2) is 9.78 Å².